The molecule has 0 bridgehead atoms. The van der Waals surface area contributed by atoms with Crippen molar-refractivity contribution in [1.82, 2.24) is 0 Å². The van der Waals surface area contributed by atoms with Crippen molar-refractivity contribution in [1.29, 1.82) is 0 Å². The first-order valence-corrected chi connectivity index (χ1v) is 10.2. The maximum atomic E-state index is 11.8. The van der Waals surface area contributed by atoms with E-state index >= 15 is 0 Å². The van der Waals surface area contributed by atoms with Gasteiger partial charge in [-0.1, -0.05) is 24.6 Å². The normalized spacial score (nSPS) is 53.7. The summed E-state index contributed by atoms with van der Waals surface area (Å²) in [7, 11) is 0. The molecule has 8 atom stereocenters. The highest BCUT2D eigenvalue weighted by molar-refractivity contribution is 5.91. The van der Waals surface area contributed by atoms with Gasteiger partial charge in [0.2, 0.25) is 0 Å². The molecule has 5 aliphatic rings. The topological polar surface area (TPSA) is 57.5 Å². The van der Waals surface area contributed by atoms with Gasteiger partial charge >= 0.3 is 0 Å². The number of aliphatic hydroxyl groups is 2. The van der Waals surface area contributed by atoms with Gasteiger partial charge in [-0.15, -0.1) is 0 Å². The Morgan fingerprint density at radius 2 is 2.04 bits per heavy atom. The third kappa shape index (κ3) is 2.03. The third-order valence-electron chi connectivity index (χ3n) is 8.81. The van der Waals surface area contributed by atoms with Crippen LogP contribution in [0, 0.1) is 40.9 Å². The van der Waals surface area contributed by atoms with E-state index < -0.39 is 5.60 Å². The second kappa shape index (κ2) is 5.29. The second-order valence-corrected chi connectivity index (χ2v) is 9.60. The molecule has 0 amide bonds. The van der Waals surface area contributed by atoms with Crippen LogP contribution < -0.4 is 0 Å². The molecule has 0 aromatic heterocycles. The molecule has 3 nitrogen and oxygen atoms in total. The third-order valence-corrected chi connectivity index (χ3v) is 8.81. The Kier molecular flexibility index (Phi) is 3.44. The van der Waals surface area contributed by atoms with Crippen LogP contribution in [0.5, 0.6) is 0 Å². The van der Waals surface area contributed by atoms with Crippen molar-refractivity contribution in [2.24, 2.45) is 40.9 Å². The van der Waals surface area contributed by atoms with Crippen molar-refractivity contribution >= 4 is 5.78 Å². The van der Waals surface area contributed by atoms with Crippen LogP contribution in [0.4, 0.5) is 0 Å². The fourth-order valence-electron chi connectivity index (χ4n) is 7.77. The minimum Gasteiger partial charge on any atom is -0.392 e. The lowest BCUT2D eigenvalue weighted by atomic mass is 9.49. The van der Waals surface area contributed by atoms with E-state index in [1.54, 1.807) is 6.08 Å². The molecule has 3 heteroatoms. The van der Waals surface area contributed by atoms with E-state index in [-0.39, 0.29) is 12.0 Å². The number of carbonyl (C=O) groups excluding carboxylic acids is 1. The number of hydrogen-bond acceptors (Lipinski definition) is 3. The number of fused-ring (bicyclic) bond motifs is 7. The molecule has 0 radical (unpaired) electrons. The summed E-state index contributed by atoms with van der Waals surface area (Å²) in [5.74, 6) is 4.06. The van der Waals surface area contributed by atoms with Crippen LogP contribution in [0.2, 0.25) is 0 Å². The quantitative estimate of drug-likeness (QED) is 0.757. The van der Waals surface area contributed by atoms with E-state index in [0.717, 1.165) is 38.0 Å². The molecule has 0 saturated heterocycles. The first-order valence-electron chi connectivity index (χ1n) is 10.2. The number of carbonyl (C=O) groups is 1. The molecule has 0 aromatic rings. The SMILES string of the molecule is C[C@]12CC[C@H]3[C@@H](CCC4=CC(=O)CC[C@@H]43)[C@@H]1[C@H]1C[C@H]1[C@@]2(O)/C=C\CO. The van der Waals surface area contributed by atoms with E-state index in [4.69, 9.17) is 0 Å². The summed E-state index contributed by atoms with van der Waals surface area (Å²) in [6.07, 6.45) is 13.1. The molecule has 2 N–H and O–H groups in total. The highest BCUT2D eigenvalue weighted by Crippen LogP contribution is 2.76. The second-order valence-electron chi connectivity index (χ2n) is 9.60. The van der Waals surface area contributed by atoms with Crippen LogP contribution in [-0.4, -0.2) is 28.2 Å². The Morgan fingerprint density at radius 1 is 1.20 bits per heavy atom. The molecule has 5 aliphatic carbocycles. The average molecular weight is 342 g/mol. The number of aliphatic hydroxyl groups excluding tert-OH is 1. The zero-order chi connectivity index (χ0) is 17.4. The van der Waals surface area contributed by atoms with Gasteiger partial charge in [0.1, 0.15) is 0 Å². The van der Waals surface area contributed by atoms with Gasteiger partial charge in [-0.2, -0.15) is 0 Å². The highest BCUT2D eigenvalue weighted by Gasteiger charge is 2.74. The molecular weight excluding hydrogens is 312 g/mol. The predicted molar refractivity (Wildman–Crippen MR) is 95.6 cm³/mol. The summed E-state index contributed by atoms with van der Waals surface area (Å²) in [6.45, 7) is 2.33. The molecule has 0 heterocycles. The van der Waals surface area contributed by atoms with Crippen molar-refractivity contribution in [3.63, 3.8) is 0 Å². The summed E-state index contributed by atoms with van der Waals surface area (Å²) in [6, 6.07) is 0. The minimum atomic E-state index is -0.727. The molecular formula is C22H30O3. The molecule has 5 rings (SSSR count). The van der Waals surface area contributed by atoms with Crippen LogP contribution in [0.1, 0.15) is 51.9 Å². The maximum Gasteiger partial charge on any atom is 0.155 e. The van der Waals surface area contributed by atoms with Crippen molar-refractivity contribution in [3.8, 4) is 0 Å². The van der Waals surface area contributed by atoms with Crippen LogP contribution >= 0.6 is 0 Å². The maximum absolute atomic E-state index is 11.8. The zero-order valence-corrected chi connectivity index (χ0v) is 15.2. The number of allylic oxidation sites excluding steroid dienone is 1. The summed E-state index contributed by atoms with van der Waals surface area (Å²) < 4.78 is 0. The van der Waals surface area contributed by atoms with Crippen LogP contribution in [-0.2, 0) is 4.79 Å². The van der Waals surface area contributed by atoms with Gasteiger partial charge in [0.25, 0.3) is 0 Å². The van der Waals surface area contributed by atoms with E-state index in [1.165, 1.54) is 18.4 Å². The van der Waals surface area contributed by atoms with Crippen LogP contribution in [0.15, 0.2) is 23.8 Å². The number of rotatable bonds is 2. The Hall–Kier alpha value is -0.930. The summed E-state index contributed by atoms with van der Waals surface area (Å²) >= 11 is 0. The number of hydrogen-bond donors (Lipinski definition) is 2. The van der Waals surface area contributed by atoms with E-state index in [9.17, 15) is 15.0 Å². The zero-order valence-electron chi connectivity index (χ0n) is 15.2. The molecule has 25 heavy (non-hydrogen) atoms. The predicted octanol–water partition coefficient (Wildman–Crippen LogP) is 3.26. The molecule has 0 spiro atoms. The standard InChI is InChI=1S/C22H30O3/c1-21-9-7-16-15-6-4-14(24)11-13(15)3-5-17(16)20(21)18-12-19(18)22(21,25)8-2-10-23/h2,8,11,15-20,23,25H,3-7,9-10,12H2,1H3/b8-2-/t15-,16+,17+,18-,19+,20+,21-,22-/m0/s1. The molecule has 0 unspecified atom stereocenters. The van der Waals surface area contributed by atoms with E-state index in [1.807, 2.05) is 12.2 Å². The summed E-state index contributed by atoms with van der Waals surface area (Å²) in [4.78, 5) is 11.8. The summed E-state index contributed by atoms with van der Waals surface area (Å²) in [5.41, 5.74) is 0.662. The summed E-state index contributed by atoms with van der Waals surface area (Å²) in [5, 5.41) is 20.8. The Labute approximate surface area is 150 Å². The lowest BCUT2D eigenvalue weighted by molar-refractivity contribution is -0.119. The largest absolute Gasteiger partial charge is 0.392 e. The van der Waals surface area contributed by atoms with Gasteiger partial charge in [0, 0.05) is 11.8 Å². The van der Waals surface area contributed by atoms with E-state index in [0.29, 0.717) is 35.4 Å². The van der Waals surface area contributed by atoms with Gasteiger partial charge in [-0.3, -0.25) is 4.79 Å². The fourth-order valence-corrected chi connectivity index (χ4v) is 7.77. The lowest BCUT2D eigenvalue weighted by Crippen LogP contribution is -2.54. The first-order chi connectivity index (χ1) is 12.0. The number of ketones is 1. The Bertz CT molecular complexity index is 664. The highest BCUT2D eigenvalue weighted by atomic mass is 16.3. The van der Waals surface area contributed by atoms with Crippen LogP contribution in [0.25, 0.3) is 0 Å². The van der Waals surface area contributed by atoms with Crippen molar-refractivity contribution in [2.45, 2.75) is 57.5 Å². The molecule has 0 aliphatic heterocycles. The Morgan fingerprint density at radius 3 is 2.84 bits per heavy atom. The molecule has 0 aromatic carbocycles. The smallest absolute Gasteiger partial charge is 0.155 e. The Balaban J connectivity index is 1.48. The van der Waals surface area contributed by atoms with Crippen molar-refractivity contribution in [2.75, 3.05) is 6.61 Å². The van der Waals surface area contributed by atoms with Gasteiger partial charge in [-0.25, -0.2) is 0 Å². The molecule has 136 valence electrons. The minimum absolute atomic E-state index is 0.0107. The van der Waals surface area contributed by atoms with Crippen molar-refractivity contribution in [3.05, 3.63) is 23.8 Å². The van der Waals surface area contributed by atoms with E-state index in [2.05, 4.69) is 6.92 Å². The fraction of sp³-hybridized carbons (Fsp3) is 0.773. The molecule has 4 fully saturated rings. The van der Waals surface area contributed by atoms with Gasteiger partial charge in [0.15, 0.2) is 5.78 Å². The average Bonchev–Trinajstić information content (AvgIpc) is 3.36. The lowest BCUT2D eigenvalue weighted by Gasteiger charge is -2.56. The monoisotopic (exact) mass is 342 g/mol. The van der Waals surface area contributed by atoms with Gasteiger partial charge < -0.3 is 10.2 Å². The van der Waals surface area contributed by atoms with Crippen LogP contribution in [0.3, 0.4) is 0 Å². The van der Waals surface area contributed by atoms with Gasteiger partial charge in [0.05, 0.1) is 12.2 Å². The van der Waals surface area contributed by atoms with Crippen molar-refractivity contribution < 1.29 is 15.0 Å². The first kappa shape index (κ1) is 16.3. The molecule has 4 saturated carbocycles. The van der Waals surface area contributed by atoms with Gasteiger partial charge in [-0.05, 0) is 80.1 Å².